The molecule has 2 aliphatic carbocycles. The minimum atomic E-state index is -0.107. The van der Waals surface area contributed by atoms with Crippen molar-refractivity contribution in [3.8, 4) is 11.6 Å². The number of carbonyl (C=O) groups excluding carboxylic acids is 1. The molecular formula is C19H27N5O2. The largest absolute Gasteiger partial charge is 0.461 e. The molecule has 2 heterocycles. The third kappa shape index (κ3) is 3.92. The summed E-state index contributed by atoms with van der Waals surface area (Å²) >= 11 is 0. The maximum Gasteiger partial charge on any atom is 0.315 e. The van der Waals surface area contributed by atoms with Crippen molar-refractivity contribution in [3.63, 3.8) is 0 Å². The van der Waals surface area contributed by atoms with Gasteiger partial charge in [-0.3, -0.25) is 5.10 Å². The molecule has 0 aromatic carbocycles. The molecule has 2 saturated carbocycles. The van der Waals surface area contributed by atoms with Crippen LogP contribution in [0.1, 0.15) is 57.2 Å². The van der Waals surface area contributed by atoms with Crippen LogP contribution in [0.2, 0.25) is 0 Å². The number of aromatic nitrogens is 3. The highest BCUT2D eigenvalue weighted by atomic mass is 16.3. The Morgan fingerprint density at radius 3 is 2.50 bits per heavy atom. The molecule has 0 spiro atoms. The Labute approximate surface area is 153 Å². The van der Waals surface area contributed by atoms with Crippen LogP contribution in [-0.4, -0.2) is 27.3 Å². The van der Waals surface area contributed by atoms with E-state index >= 15 is 0 Å². The van der Waals surface area contributed by atoms with Crippen molar-refractivity contribution >= 4 is 6.03 Å². The second kappa shape index (κ2) is 7.93. The molecule has 2 aromatic heterocycles. The second-order valence-electron chi connectivity index (χ2n) is 7.52. The van der Waals surface area contributed by atoms with Crippen LogP contribution in [0.4, 0.5) is 4.79 Å². The van der Waals surface area contributed by atoms with E-state index in [4.69, 9.17) is 4.42 Å². The van der Waals surface area contributed by atoms with Crippen LogP contribution in [0.25, 0.3) is 11.6 Å². The van der Waals surface area contributed by atoms with Crippen molar-refractivity contribution in [1.82, 2.24) is 25.8 Å². The number of urea groups is 1. The SMILES string of the molecule is O=C(NCc1nc(-c2ccco2)n[nH]1)NC(C1CCCC1)C1CCCC1. The number of hydrogen-bond acceptors (Lipinski definition) is 4. The molecular weight excluding hydrogens is 330 g/mol. The van der Waals surface area contributed by atoms with E-state index in [1.54, 1.807) is 18.4 Å². The third-order valence-electron chi connectivity index (χ3n) is 5.80. The molecule has 2 aliphatic rings. The standard InChI is InChI=1S/C19H27N5O2/c25-19(20-12-16-21-18(24-23-16)15-10-5-11-26-15)22-17(13-6-1-2-7-13)14-8-3-4-9-14/h5,10-11,13-14,17H,1-4,6-9,12H2,(H2,20,22,25)(H,21,23,24). The monoisotopic (exact) mass is 357 g/mol. The molecule has 2 amide bonds. The van der Waals surface area contributed by atoms with Crippen molar-refractivity contribution in [1.29, 1.82) is 0 Å². The molecule has 26 heavy (non-hydrogen) atoms. The summed E-state index contributed by atoms with van der Waals surface area (Å²) in [4.78, 5) is 16.8. The zero-order valence-electron chi connectivity index (χ0n) is 15.0. The zero-order valence-corrected chi connectivity index (χ0v) is 15.0. The number of amides is 2. The van der Waals surface area contributed by atoms with E-state index in [-0.39, 0.29) is 6.03 Å². The fraction of sp³-hybridized carbons (Fsp3) is 0.632. The first-order valence-electron chi connectivity index (χ1n) is 9.79. The number of H-pyrrole nitrogens is 1. The number of furan rings is 1. The Kier molecular flexibility index (Phi) is 5.22. The lowest BCUT2D eigenvalue weighted by Crippen LogP contribution is -2.48. The summed E-state index contributed by atoms with van der Waals surface area (Å²) in [5.74, 6) is 3.01. The number of rotatable bonds is 6. The van der Waals surface area contributed by atoms with Gasteiger partial charge in [-0.1, -0.05) is 25.7 Å². The van der Waals surface area contributed by atoms with E-state index in [0.717, 1.165) is 0 Å². The maximum absolute atomic E-state index is 12.5. The van der Waals surface area contributed by atoms with Crippen molar-refractivity contribution < 1.29 is 9.21 Å². The minimum Gasteiger partial charge on any atom is -0.461 e. The lowest BCUT2D eigenvalue weighted by Gasteiger charge is -2.30. The number of hydrogen-bond donors (Lipinski definition) is 3. The summed E-state index contributed by atoms with van der Waals surface area (Å²) in [6.45, 7) is 0.321. The summed E-state index contributed by atoms with van der Waals surface area (Å²) in [5.41, 5.74) is 0. The molecule has 0 bridgehead atoms. The molecule has 2 aromatic rings. The number of aromatic amines is 1. The van der Waals surface area contributed by atoms with Gasteiger partial charge in [0, 0.05) is 6.04 Å². The van der Waals surface area contributed by atoms with Crippen LogP contribution < -0.4 is 10.6 Å². The zero-order chi connectivity index (χ0) is 17.8. The van der Waals surface area contributed by atoms with Crippen molar-refractivity contribution in [3.05, 3.63) is 24.2 Å². The van der Waals surface area contributed by atoms with Gasteiger partial charge in [0.1, 0.15) is 5.82 Å². The molecule has 0 radical (unpaired) electrons. The van der Waals surface area contributed by atoms with E-state index < -0.39 is 0 Å². The van der Waals surface area contributed by atoms with Crippen LogP contribution in [0.15, 0.2) is 22.8 Å². The first-order chi connectivity index (χ1) is 12.8. The Morgan fingerprint density at radius 1 is 1.19 bits per heavy atom. The molecule has 3 N–H and O–H groups in total. The highest BCUT2D eigenvalue weighted by molar-refractivity contribution is 5.74. The van der Waals surface area contributed by atoms with Gasteiger partial charge in [0.2, 0.25) is 5.82 Å². The predicted molar refractivity (Wildman–Crippen MR) is 97.2 cm³/mol. The minimum absolute atomic E-state index is 0.107. The molecule has 7 heteroatoms. The van der Waals surface area contributed by atoms with E-state index in [1.165, 1.54) is 51.4 Å². The van der Waals surface area contributed by atoms with Crippen LogP contribution in [0.5, 0.6) is 0 Å². The van der Waals surface area contributed by atoms with Crippen LogP contribution in [-0.2, 0) is 6.54 Å². The van der Waals surface area contributed by atoms with Crippen molar-refractivity contribution in [2.24, 2.45) is 11.8 Å². The molecule has 0 atom stereocenters. The van der Waals surface area contributed by atoms with E-state index in [2.05, 4.69) is 25.8 Å². The van der Waals surface area contributed by atoms with E-state index in [1.807, 2.05) is 0 Å². The fourth-order valence-corrected chi connectivity index (χ4v) is 4.51. The normalized spacial score (nSPS) is 18.7. The van der Waals surface area contributed by atoms with Crippen LogP contribution in [0, 0.1) is 11.8 Å². The number of carbonyl (C=O) groups is 1. The summed E-state index contributed by atoms with van der Waals surface area (Å²) in [5, 5.41) is 13.2. The van der Waals surface area contributed by atoms with Gasteiger partial charge in [0.15, 0.2) is 5.76 Å². The molecule has 4 rings (SSSR count). The average molecular weight is 357 g/mol. The van der Waals surface area contributed by atoms with Gasteiger partial charge in [-0.25, -0.2) is 9.78 Å². The summed E-state index contributed by atoms with van der Waals surface area (Å²) < 4.78 is 5.28. The fourth-order valence-electron chi connectivity index (χ4n) is 4.51. The Balaban J connectivity index is 1.32. The molecule has 0 saturated heterocycles. The van der Waals surface area contributed by atoms with Crippen molar-refractivity contribution in [2.45, 2.75) is 64.0 Å². The Morgan fingerprint density at radius 2 is 1.88 bits per heavy atom. The number of nitrogens with zero attached hydrogens (tertiary/aromatic N) is 2. The van der Waals surface area contributed by atoms with Gasteiger partial charge < -0.3 is 15.1 Å². The lowest BCUT2D eigenvalue weighted by atomic mass is 9.86. The van der Waals surface area contributed by atoms with Gasteiger partial charge in [-0.15, -0.1) is 5.10 Å². The van der Waals surface area contributed by atoms with E-state index in [9.17, 15) is 4.79 Å². The average Bonchev–Trinajstić information content (AvgIpc) is 3.44. The molecule has 2 fully saturated rings. The summed E-state index contributed by atoms with van der Waals surface area (Å²) in [6.07, 6.45) is 11.8. The molecule has 140 valence electrons. The second-order valence-corrected chi connectivity index (χ2v) is 7.52. The molecule has 0 unspecified atom stereocenters. The molecule has 0 aliphatic heterocycles. The Bertz CT molecular complexity index is 683. The lowest BCUT2D eigenvalue weighted by molar-refractivity contribution is 0.214. The van der Waals surface area contributed by atoms with Crippen LogP contribution >= 0.6 is 0 Å². The van der Waals surface area contributed by atoms with Gasteiger partial charge >= 0.3 is 6.03 Å². The number of nitrogens with one attached hydrogen (secondary N) is 3. The third-order valence-corrected chi connectivity index (χ3v) is 5.80. The predicted octanol–water partition coefficient (Wildman–Crippen LogP) is 3.61. The highest BCUT2D eigenvalue weighted by Gasteiger charge is 2.34. The van der Waals surface area contributed by atoms with E-state index in [0.29, 0.717) is 41.8 Å². The molecule has 7 nitrogen and oxygen atoms in total. The van der Waals surface area contributed by atoms with Crippen LogP contribution in [0.3, 0.4) is 0 Å². The summed E-state index contributed by atoms with van der Waals surface area (Å²) in [6, 6.07) is 3.81. The van der Waals surface area contributed by atoms with Crippen molar-refractivity contribution in [2.75, 3.05) is 0 Å². The smallest absolute Gasteiger partial charge is 0.315 e. The maximum atomic E-state index is 12.5. The van der Waals surface area contributed by atoms with Gasteiger partial charge in [-0.05, 0) is 49.7 Å². The quantitative estimate of drug-likeness (QED) is 0.736. The Hall–Kier alpha value is -2.31. The van der Waals surface area contributed by atoms with Gasteiger partial charge in [0.25, 0.3) is 0 Å². The summed E-state index contributed by atoms with van der Waals surface area (Å²) in [7, 11) is 0. The highest BCUT2D eigenvalue weighted by Crippen LogP contribution is 2.37. The van der Waals surface area contributed by atoms with Gasteiger partial charge in [-0.2, -0.15) is 0 Å². The first kappa shape index (κ1) is 17.1. The first-order valence-corrected chi connectivity index (χ1v) is 9.79. The van der Waals surface area contributed by atoms with Gasteiger partial charge in [0.05, 0.1) is 12.8 Å². The topological polar surface area (TPSA) is 95.8 Å².